The van der Waals surface area contributed by atoms with Gasteiger partial charge in [-0.2, -0.15) is 4.79 Å². The number of carbonyl (C=O) groups is 3. The number of aromatic amines is 1. The number of aromatic nitrogens is 1. The first-order chi connectivity index (χ1) is 14.8. The number of rotatable bonds is 11. The van der Waals surface area contributed by atoms with E-state index >= 15 is 0 Å². The lowest BCUT2D eigenvalue weighted by Crippen LogP contribution is -2.47. The van der Waals surface area contributed by atoms with Gasteiger partial charge in [0.2, 0.25) is 11.7 Å². The molecule has 1 aromatic carbocycles. The highest BCUT2D eigenvalue weighted by Crippen LogP contribution is 2.29. The molecule has 3 N–H and O–H groups in total. The fourth-order valence-corrected chi connectivity index (χ4v) is 3.10. The number of Topliss-reactive ketones (excluding diaryl/α,β-unsaturated/α-hetero) is 1. The van der Waals surface area contributed by atoms with Crippen molar-refractivity contribution in [1.29, 1.82) is 0 Å². The van der Waals surface area contributed by atoms with E-state index in [1.807, 2.05) is 12.1 Å². The van der Waals surface area contributed by atoms with Crippen LogP contribution in [0, 0.1) is 0 Å². The van der Waals surface area contributed by atoms with Gasteiger partial charge in [-0.3, -0.25) is 9.59 Å². The number of ketones is 1. The fourth-order valence-electron chi connectivity index (χ4n) is 3.10. The number of amides is 1. The fraction of sp³-hybridized carbons (Fsp3) is 0.429. The number of carbonyl (C=O) groups excluding carboxylic acids is 3. The Hall–Kier alpha value is -3.49. The number of ether oxygens (including phenoxy) is 2. The van der Waals surface area contributed by atoms with E-state index in [0.29, 0.717) is 17.5 Å². The highest BCUT2D eigenvalue weighted by Gasteiger charge is 2.28. The lowest BCUT2D eigenvalue weighted by atomic mass is 10.0. The van der Waals surface area contributed by atoms with Crippen molar-refractivity contribution in [3.8, 4) is 5.75 Å². The predicted octanol–water partition coefficient (Wildman–Crippen LogP) is 1.17. The summed E-state index contributed by atoms with van der Waals surface area (Å²) >= 11 is 0. The molecule has 0 unspecified atom stereocenters. The maximum atomic E-state index is 12.6. The number of hydrogen-bond acceptors (Lipinski definition) is 6. The molecular weight excluding hydrogens is 404 g/mol. The van der Waals surface area contributed by atoms with Crippen molar-refractivity contribution in [3.05, 3.63) is 35.5 Å². The van der Waals surface area contributed by atoms with E-state index in [2.05, 4.69) is 15.1 Å². The predicted molar refractivity (Wildman–Crippen MR) is 112 cm³/mol. The van der Waals surface area contributed by atoms with Gasteiger partial charge in [0, 0.05) is 29.9 Å². The Morgan fingerprint density at radius 2 is 2.06 bits per heavy atom. The topological polar surface area (TPSA) is 154 Å². The minimum Gasteiger partial charge on any atom is -0.496 e. The van der Waals surface area contributed by atoms with Crippen LogP contribution >= 0.6 is 0 Å². The molecule has 0 fully saturated rings. The van der Waals surface area contributed by atoms with Gasteiger partial charge < -0.3 is 30.4 Å². The second-order valence-electron chi connectivity index (χ2n) is 7.21. The van der Waals surface area contributed by atoms with Crippen molar-refractivity contribution < 1.29 is 33.8 Å². The van der Waals surface area contributed by atoms with E-state index in [1.54, 1.807) is 26.1 Å². The number of aliphatic hydroxyl groups is 1. The molecule has 0 radical (unpaired) electrons. The van der Waals surface area contributed by atoms with Crippen LogP contribution in [0.3, 0.4) is 0 Å². The average Bonchev–Trinajstić information content (AvgIpc) is 3.13. The van der Waals surface area contributed by atoms with E-state index in [1.165, 1.54) is 7.11 Å². The highest BCUT2D eigenvalue weighted by molar-refractivity contribution is 6.25. The Bertz CT molecular complexity index is 993. The summed E-state index contributed by atoms with van der Waals surface area (Å²) in [5, 5.41) is 13.6. The average molecular weight is 430 g/mol. The van der Waals surface area contributed by atoms with Gasteiger partial charge in [-0.1, -0.05) is 6.07 Å². The monoisotopic (exact) mass is 430 g/mol. The third-order valence-corrected chi connectivity index (χ3v) is 4.52. The van der Waals surface area contributed by atoms with E-state index < -0.39 is 35.9 Å². The molecule has 2 rings (SSSR count). The first-order valence-electron chi connectivity index (χ1n) is 9.79. The smallest absolute Gasteiger partial charge is 0.328 e. The van der Waals surface area contributed by atoms with Gasteiger partial charge in [0.1, 0.15) is 17.9 Å². The molecule has 0 aliphatic heterocycles. The standard InChI is InChI=1S/C21H26N4O6/c1-12(2)31-21(29)16(8-7-14(26)11-24-22)25-20(28)17(27)9-13-10-23-15-5-4-6-18(30-3)19(13)15/h4-6,10-12,16-17,23,27H,7-9H2,1-3H3,(H,25,28)/t16-,17-/m0/s1. The molecular formula is C21H26N4O6. The number of H-pyrrole nitrogens is 1. The molecule has 10 nitrogen and oxygen atoms in total. The third kappa shape index (κ3) is 6.50. The molecule has 166 valence electrons. The minimum absolute atomic E-state index is 0.0196. The molecule has 0 aliphatic rings. The van der Waals surface area contributed by atoms with Crippen LogP contribution in [0.15, 0.2) is 24.4 Å². The summed E-state index contributed by atoms with van der Waals surface area (Å²) < 4.78 is 10.5. The van der Waals surface area contributed by atoms with Gasteiger partial charge in [0.15, 0.2) is 0 Å². The van der Waals surface area contributed by atoms with Crippen LogP contribution in [0.1, 0.15) is 32.3 Å². The Morgan fingerprint density at radius 1 is 1.32 bits per heavy atom. The SMILES string of the molecule is COc1cccc2[nH]cc(C[C@H](O)C(=O)N[C@@H](CCC(=O)C=[N+]=[N-])C(=O)OC(C)C)c12. The molecule has 10 heteroatoms. The zero-order valence-corrected chi connectivity index (χ0v) is 17.6. The summed E-state index contributed by atoms with van der Waals surface area (Å²) in [6, 6.07) is 4.30. The zero-order valence-electron chi connectivity index (χ0n) is 17.6. The largest absolute Gasteiger partial charge is 0.496 e. The van der Waals surface area contributed by atoms with Crippen molar-refractivity contribution in [2.24, 2.45) is 0 Å². The van der Waals surface area contributed by atoms with Crippen LogP contribution in [-0.4, -0.2) is 64.1 Å². The molecule has 0 aliphatic carbocycles. The second kappa shape index (κ2) is 11.1. The molecule has 2 atom stereocenters. The van der Waals surface area contributed by atoms with Crippen molar-refractivity contribution >= 4 is 34.8 Å². The number of fused-ring (bicyclic) bond motifs is 1. The van der Waals surface area contributed by atoms with Crippen molar-refractivity contribution in [2.45, 2.75) is 51.4 Å². The molecule has 0 saturated heterocycles. The number of methoxy groups -OCH3 is 1. The Morgan fingerprint density at radius 3 is 2.71 bits per heavy atom. The van der Waals surface area contributed by atoms with Crippen LogP contribution in [-0.2, 0) is 25.5 Å². The highest BCUT2D eigenvalue weighted by atomic mass is 16.5. The Labute approximate surface area is 179 Å². The van der Waals surface area contributed by atoms with Crippen LogP contribution in [0.2, 0.25) is 0 Å². The summed E-state index contributed by atoms with van der Waals surface area (Å²) in [7, 11) is 1.53. The third-order valence-electron chi connectivity index (χ3n) is 4.52. The molecule has 0 saturated carbocycles. The quantitative estimate of drug-likeness (QED) is 0.210. The van der Waals surface area contributed by atoms with Gasteiger partial charge in [-0.05, 0) is 38.0 Å². The lowest BCUT2D eigenvalue weighted by Gasteiger charge is -2.20. The summed E-state index contributed by atoms with van der Waals surface area (Å²) in [5.41, 5.74) is 9.89. The molecule has 1 amide bonds. The number of benzene rings is 1. The Kier molecular flexibility index (Phi) is 8.48. The van der Waals surface area contributed by atoms with E-state index in [0.717, 1.165) is 10.9 Å². The van der Waals surface area contributed by atoms with Crippen LogP contribution in [0.4, 0.5) is 0 Å². The molecule has 31 heavy (non-hydrogen) atoms. The van der Waals surface area contributed by atoms with Gasteiger partial charge in [-0.25, -0.2) is 4.79 Å². The maximum Gasteiger partial charge on any atom is 0.328 e. The summed E-state index contributed by atoms with van der Waals surface area (Å²) in [6.07, 6.45) is 0.271. The number of nitrogens with one attached hydrogen (secondary N) is 2. The zero-order chi connectivity index (χ0) is 23.0. The van der Waals surface area contributed by atoms with Crippen LogP contribution in [0.25, 0.3) is 16.4 Å². The molecule has 0 bridgehead atoms. The number of aliphatic hydroxyl groups excluding tert-OH is 1. The van der Waals surface area contributed by atoms with Gasteiger partial charge in [-0.15, -0.1) is 0 Å². The molecule has 2 aromatic rings. The van der Waals surface area contributed by atoms with E-state index in [4.69, 9.17) is 15.0 Å². The first kappa shape index (κ1) is 23.8. The lowest BCUT2D eigenvalue weighted by molar-refractivity contribution is -0.152. The van der Waals surface area contributed by atoms with Crippen molar-refractivity contribution in [3.63, 3.8) is 0 Å². The van der Waals surface area contributed by atoms with Crippen LogP contribution < -0.4 is 10.1 Å². The first-order valence-corrected chi connectivity index (χ1v) is 9.79. The van der Waals surface area contributed by atoms with Gasteiger partial charge in [0.25, 0.3) is 0 Å². The summed E-state index contributed by atoms with van der Waals surface area (Å²) in [5.74, 6) is -1.43. The molecule has 0 spiro atoms. The molecule has 1 heterocycles. The van der Waals surface area contributed by atoms with E-state index in [-0.39, 0.29) is 19.3 Å². The second-order valence-corrected chi connectivity index (χ2v) is 7.21. The van der Waals surface area contributed by atoms with Gasteiger partial charge >= 0.3 is 12.2 Å². The maximum absolute atomic E-state index is 12.6. The number of hydrogen-bond donors (Lipinski definition) is 3. The Balaban J connectivity index is 2.11. The van der Waals surface area contributed by atoms with Crippen LogP contribution in [0.5, 0.6) is 5.75 Å². The van der Waals surface area contributed by atoms with E-state index in [9.17, 15) is 19.5 Å². The summed E-state index contributed by atoms with van der Waals surface area (Å²) in [6.45, 7) is 3.30. The number of esters is 1. The minimum atomic E-state index is -1.45. The van der Waals surface area contributed by atoms with Crippen molar-refractivity contribution in [2.75, 3.05) is 7.11 Å². The van der Waals surface area contributed by atoms with Crippen molar-refractivity contribution in [1.82, 2.24) is 10.3 Å². The molecule has 1 aromatic heterocycles. The normalized spacial score (nSPS) is 12.7. The summed E-state index contributed by atoms with van der Waals surface area (Å²) in [4.78, 5) is 42.2. The number of nitrogens with zero attached hydrogens (tertiary/aromatic N) is 2. The van der Waals surface area contributed by atoms with Gasteiger partial charge in [0.05, 0.1) is 13.2 Å².